The molecule has 1 heteroatoms. The summed E-state index contributed by atoms with van der Waals surface area (Å²) in [7, 11) is 0. The molecule has 0 amide bonds. The van der Waals surface area contributed by atoms with Crippen LogP contribution in [0.1, 0.15) is 24.2 Å². The second-order valence-electron chi connectivity index (χ2n) is 3.12. The van der Waals surface area contributed by atoms with E-state index in [9.17, 15) is 4.39 Å². The van der Waals surface area contributed by atoms with E-state index in [0.717, 1.165) is 5.56 Å². The van der Waals surface area contributed by atoms with Crippen molar-refractivity contribution < 1.29 is 4.39 Å². The highest BCUT2D eigenvalue weighted by Crippen LogP contribution is 2.23. The molecule has 0 radical (unpaired) electrons. The number of aryl methyl sites for hydroxylation is 1. The molecule has 0 aromatic heterocycles. The average Bonchev–Trinajstić information content (AvgIpc) is 2.04. The van der Waals surface area contributed by atoms with Gasteiger partial charge in [-0.05, 0) is 25.0 Å². The van der Waals surface area contributed by atoms with Crippen molar-refractivity contribution >= 4 is 0 Å². The quantitative estimate of drug-likeness (QED) is 0.586. The SMILES string of the molecule is C=C(C)C(F)c1ccc(C)cc1. The Balaban J connectivity index is 2.89. The van der Waals surface area contributed by atoms with Gasteiger partial charge in [0.15, 0.2) is 0 Å². The smallest absolute Gasteiger partial charge is 0.146 e. The number of alkyl halides is 1. The van der Waals surface area contributed by atoms with Crippen molar-refractivity contribution in [2.75, 3.05) is 0 Å². The van der Waals surface area contributed by atoms with Gasteiger partial charge in [-0.3, -0.25) is 0 Å². The summed E-state index contributed by atoms with van der Waals surface area (Å²) in [6.45, 7) is 7.26. The van der Waals surface area contributed by atoms with Gasteiger partial charge in [0.05, 0.1) is 0 Å². The van der Waals surface area contributed by atoms with Crippen molar-refractivity contribution in [3.8, 4) is 0 Å². The van der Waals surface area contributed by atoms with Gasteiger partial charge in [-0.2, -0.15) is 0 Å². The number of hydrogen-bond acceptors (Lipinski definition) is 0. The van der Waals surface area contributed by atoms with E-state index in [1.807, 2.05) is 19.1 Å². The minimum absolute atomic E-state index is 0.554. The van der Waals surface area contributed by atoms with Crippen molar-refractivity contribution in [3.05, 3.63) is 47.5 Å². The van der Waals surface area contributed by atoms with Crippen molar-refractivity contribution in [1.29, 1.82) is 0 Å². The molecule has 0 saturated carbocycles. The van der Waals surface area contributed by atoms with E-state index in [-0.39, 0.29) is 0 Å². The Morgan fingerprint density at radius 1 is 1.33 bits per heavy atom. The average molecular weight is 164 g/mol. The van der Waals surface area contributed by atoms with Crippen LogP contribution in [0.15, 0.2) is 36.4 Å². The summed E-state index contributed by atoms with van der Waals surface area (Å²) in [6.07, 6.45) is -1.02. The standard InChI is InChI=1S/C11H13F/c1-8(2)11(12)10-6-4-9(3)5-7-10/h4-7,11H,1H2,2-3H3. The molecule has 64 valence electrons. The molecule has 1 aromatic rings. The van der Waals surface area contributed by atoms with Crippen LogP contribution in [0.25, 0.3) is 0 Å². The normalized spacial score (nSPS) is 12.6. The van der Waals surface area contributed by atoms with Gasteiger partial charge in [-0.1, -0.05) is 36.4 Å². The molecular formula is C11H13F. The summed E-state index contributed by atoms with van der Waals surface area (Å²) in [5.41, 5.74) is 2.39. The lowest BCUT2D eigenvalue weighted by atomic mass is 10.0. The molecule has 1 atom stereocenters. The molecule has 0 N–H and O–H groups in total. The molecule has 0 fully saturated rings. The molecule has 1 aromatic carbocycles. The Labute approximate surface area is 72.7 Å². The van der Waals surface area contributed by atoms with Crippen LogP contribution in [-0.2, 0) is 0 Å². The van der Waals surface area contributed by atoms with E-state index in [1.54, 1.807) is 19.1 Å². The summed E-state index contributed by atoms with van der Waals surface area (Å²) >= 11 is 0. The molecule has 0 spiro atoms. The summed E-state index contributed by atoms with van der Waals surface area (Å²) in [5, 5.41) is 0. The number of halogens is 1. The van der Waals surface area contributed by atoms with E-state index in [2.05, 4.69) is 6.58 Å². The lowest BCUT2D eigenvalue weighted by Crippen LogP contribution is -1.91. The van der Waals surface area contributed by atoms with Gasteiger partial charge >= 0.3 is 0 Å². The predicted molar refractivity (Wildman–Crippen MR) is 49.8 cm³/mol. The molecule has 0 aliphatic rings. The molecule has 1 rings (SSSR count). The van der Waals surface area contributed by atoms with Crippen LogP contribution in [-0.4, -0.2) is 0 Å². The molecule has 0 heterocycles. The number of hydrogen-bond donors (Lipinski definition) is 0. The van der Waals surface area contributed by atoms with Crippen LogP contribution in [0.4, 0.5) is 4.39 Å². The van der Waals surface area contributed by atoms with Gasteiger partial charge < -0.3 is 0 Å². The molecule has 0 nitrogen and oxygen atoms in total. The fourth-order valence-corrected chi connectivity index (χ4v) is 1.02. The highest BCUT2D eigenvalue weighted by atomic mass is 19.1. The molecule has 0 aliphatic carbocycles. The Kier molecular flexibility index (Phi) is 2.64. The summed E-state index contributed by atoms with van der Waals surface area (Å²) in [6, 6.07) is 7.42. The third-order valence-electron chi connectivity index (χ3n) is 1.80. The zero-order valence-corrected chi connectivity index (χ0v) is 7.47. The summed E-state index contributed by atoms with van der Waals surface area (Å²) < 4.78 is 13.3. The molecule has 1 unspecified atom stereocenters. The number of benzene rings is 1. The van der Waals surface area contributed by atoms with E-state index in [4.69, 9.17) is 0 Å². The van der Waals surface area contributed by atoms with Crippen LogP contribution in [0.2, 0.25) is 0 Å². The van der Waals surface area contributed by atoms with Crippen LogP contribution < -0.4 is 0 Å². The first-order valence-electron chi connectivity index (χ1n) is 3.97. The summed E-state index contributed by atoms with van der Waals surface area (Å²) in [5.74, 6) is 0. The largest absolute Gasteiger partial charge is 0.237 e. The maximum absolute atomic E-state index is 13.3. The first kappa shape index (κ1) is 8.98. The lowest BCUT2D eigenvalue weighted by Gasteiger charge is -2.07. The van der Waals surface area contributed by atoms with Gasteiger partial charge in [-0.25, -0.2) is 4.39 Å². The molecular weight excluding hydrogens is 151 g/mol. The van der Waals surface area contributed by atoms with E-state index in [0.29, 0.717) is 11.1 Å². The Bertz CT molecular complexity index is 272. The first-order valence-corrected chi connectivity index (χ1v) is 3.97. The fraction of sp³-hybridized carbons (Fsp3) is 0.273. The maximum Gasteiger partial charge on any atom is 0.146 e. The van der Waals surface area contributed by atoms with Crippen LogP contribution >= 0.6 is 0 Å². The van der Waals surface area contributed by atoms with Crippen LogP contribution in [0.5, 0.6) is 0 Å². The zero-order valence-electron chi connectivity index (χ0n) is 7.47. The summed E-state index contributed by atoms with van der Waals surface area (Å²) in [4.78, 5) is 0. The van der Waals surface area contributed by atoms with Crippen LogP contribution in [0.3, 0.4) is 0 Å². The monoisotopic (exact) mass is 164 g/mol. The van der Waals surface area contributed by atoms with Gasteiger partial charge in [0.1, 0.15) is 6.17 Å². The second-order valence-corrected chi connectivity index (χ2v) is 3.12. The van der Waals surface area contributed by atoms with Gasteiger partial charge in [-0.15, -0.1) is 0 Å². The number of rotatable bonds is 2. The molecule has 0 saturated heterocycles. The third-order valence-corrected chi connectivity index (χ3v) is 1.80. The van der Waals surface area contributed by atoms with Crippen molar-refractivity contribution in [1.82, 2.24) is 0 Å². The second kappa shape index (κ2) is 3.53. The topological polar surface area (TPSA) is 0 Å². The van der Waals surface area contributed by atoms with Gasteiger partial charge in [0, 0.05) is 0 Å². The van der Waals surface area contributed by atoms with Gasteiger partial charge in [0.25, 0.3) is 0 Å². The minimum Gasteiger partial charge on any atom is -0.237 e. The van der Waals surface area contributed by atoms with Gasteiger partial charge in [0.2, 0.25) is 0 Å². The Hall–Kier alpha value is -1.11. The lowest BCUT2D eigenvalue weighted by molar-refractivity contribution is 0.395. The van der Waals surface area contributed by atoms with E-state index < -0.39 is 6.17 Å². The van der Waals surface area contributed by atoms with E-state index >= 15 is 0 Å². The maximum atomic E-state index is 13.3. The molecule has 12 heavy (non-hydrogen) atoms. The Morgan fingerprint density at radius 2 is 1.83 bits per heavy atom. The molecule has 0 aliphatic heterocycles. The fourth-order valence-electron chi connectivity index (χ4n) is 1.02. The highest BCUT2D eigenvalue weighted by Gasteiger charge is 2.08. The molecule has 0 bridgehead atoms. The Morgan fingerprint density at radius 3 is 2.25 bits per heavy atom. The minimum atomic E-state index is -1.02. The van der Waals surface area contributed by atoms with Crippen molar-refractivity contribution in [2.45, 2.75) is 20.0 Å². The third kappa shape index (κ3) is 1.94. The zero-order chi connectivity index (χ0) is 9.14. The predicted octanol–water partition coefficient (Wildman–Crippen LogP) is 3.58. The van der Waals surface area contributed by atoms with E-state index in [1.165, 1.54) is 0 Å². The van der Waals surface area contributed by atoms with Crippen LogP contribution in [0, 0.1) is 6.92 Å². The van der Waals surface area contributed by atoms with Crippen molar-refractivity contribution in [2.24, 2.45) is 0 Å². The number of allylic oxidation sites excluding steroid dienone is 1. The highest BCUT2D eigenvalue weighted by molar-refractivity contribution is 5.27. The first-order chi connectivity index (χ1) is 5.61. The van der Waals surface area contributed by atoms with Crippen molar-refractivity contribution in [3.63, 3.8) is 0 Å².